The standard InChI is InChI=1S/C16H13IO4S.C8H5AtS/c18-14-13(15(19)21-16(20-14)6-1-2-7-16)17-11-3-4-12-10(9-11)5-8-22-12;9-7-1-2-8-6(5-7)3-4-10-8/h3-5,8-9H,1-2,6-7H2;1-5H/i;9+1. The molecule has 2 aromatic carbocycles. The molecule has 0 N–H and O–H groups in total. The summed E-state index contributed by atoms with van der Waals surface area (Å²) in [6.45, 7) is 0. The Morgan fingerprint density at radius 2 is 1.41 bits per heavy atom. The molecule has 0 bridgehead atoms. The van der Waals surface area contributed by atoms with Gasteiger partial charge < -0.3 is 9.47 Å². The van der Waals surface area contributed by atoms with Gasteiger partial charge in [0.15, 0.2) is 3.51 Å². The molecule has 1 saturated heterocycles. The maximum absolute atomic E-state index is 12.3. The van der Waals surface area contributed by atoms with Crippen LogP contribution in [-0.4, -0.2) is 21.2 Å². The Bertz CT molecular complexity index is 1330. The van der Waals surface area contributed by atoms with Gasteiger partial charge in [0, 0.05) is 21.1 Å². The summed E-state index contributed by atoms with van der Waals surface area (Å²) in [5.74, 6) is -1.92. The number of carbonyl (C=O) groups is 2. The normalized spacial score (nSPS) is 17.3. The van der Waals surface area contributed by atoms with E-state index < -0.39 is 38.5 Å². The fourth-order valence-corrected chi connectivity index (χ4v) is 8.15. The molecule has 8 heteroatoms. The molecule has 2 fully saturated rings. The van der Waals surface area contributed by atoms with E-state index in [2.05, 4.69) is 29.6 Å². The number of fused-ring (bicyclic) bond motifs is 2. The number of esters is 2. The fraction of sp³-hybridized carbons (Fsp3) is 0.208. The van der Waals surface area contributed by atoms with Crippen molar-refractivity contribution in [2.24, 2.45) is 0 Å². The number of halogens is 1. The zero-order valence-corrected chi connectivity index (χ0v) is 23.5. The number of benzene rings is 2. The van der Waals surface area contributed by atoms with Crippen molar-refractivity contribution >= 4 is 82.3 Å². The second-order valence-corrected chi connectivity index (χ2v) is 14.0. The molecule has 4 nitrogen and oxygen atoms in total. The van der Waals surface area contributed by atoms with Crippen molar-refractivity contribution in [2.45, 2.75) is 31.5 Å². The minimum atomic E-state index is -0.973. The molecule has 0 atom stereocenters. The van der Waals surface area contributed by atoms with Crippen LogP contribution in [0.15, 0.2) is 59.3 Å². The average Bonchev–Trinajstić information content (AvgIpc) is 3.51. The van der Waals surface area contributed by atoms with E-state index in [0.717, 1.165) is 21.8 Å². The summed E-state index contributed by atoms with van der Waals surface area (Å²) in [5.41, 5.74) is 0. The minimum absolute atomic E-state index is 0.200. The molecule has 1 aliphatic heterocycles. The van der Waals surface area contributed by atoms with Crippen LogP contribution in [0.5, 0.6) is 0 Å². The second kappa shape index (κ2) is 9.57. The predicted molar refractivity (Wildman–Crippen MR) is 134 cm³/mol. The van der Waals surface area contributed by atoms with Gasteiger partial charge in [0.05, 0.1) is 0 Å². The third kappa shape index (κ3) is 4.84. The summed E-state index contributed by atoms with van der Waals surface area (Å²) in [4.78, 5) is 24.5. The van der Waals surface area contributed by atoms with Crippen molar-refractivity contribution in [1.82, 2.24) is 0 Å². The van der Waals surface area contributed by atoms with Crippen LogP contribution in [0, 0.1) is 28.3 Å². The molecule has 164 valence electrons. The molecular formula is C24H18AtIO4S2. The monoisotopic (exact) mass is 772 g/mol. The van der Waals surface area contributed by atoms with Crippen LogP contribution in [-0.2, 0) is 19.1 Å². The molecule has 3 heterocycles. The van der Waals surface area contributed by atoms with Crippen molar-refractivity contribution in [3.8, 4) is 0 Å². The van der Waals surface area contributed by atoms with E-state index in [9.17, 15) is 9.59 Å². The molecule has 32 heavy (non-hydrogen) atoms. The number of ether oxygens (including phenoxy) is 2. The van der Waals surface area contributed by atoms with Crippen molar-refractivity contribution in [3.63, 3.8) is 0 Å². The van der Waals surface area contributed by atoms with Crippen LogP contribution in [0.3, 0.4) is 0 Å². The third-order valence-corrected chi connectivity index (χ3v) is 10.7. The van der Waals surface area contributed by atoms with E-state index in [0.29, 0.717) is 12.8 Å². The molecule has 1 aliphatic carbocycles. The Hall–Kier alpha value is -1.22. The van der Waals surface area contributed by atoms with Crippen molar-refractivity contribution in [3.05, 3.63) is 62.9 Å². The average molecular weight is 772 g/mol. The van der Waals surface area contributed by atoms with Gasteiger partial charge in [-0.15, -0.1) is 11.3 Å². The van der Waals surface area contributed by atoms with Crippen LogP contribution in [0.4, 0.5) is 0 Å². The summed E-state index contributed by atoms with van der Waals surface area (Å²) in [6.07, 6.45) is 3.10. The van der Waals surface area contributed by atoms with Crippen molar-refractivity contribution in [2.75, 3.05) is 0 Å². The maximum atomic E-state index is 12.3. The fourth-order valence-electron chi connectivity index (χ4n) is 3.77. The van der Waals surface area contributed by atoms with Crippen molar-refractivity contribution in [1.29, 1.82) is 0 Å². The van der Waals surface area contributed by atoms with Gasteiger partial charge in [-0.1, -0.05) is 20.7 Å². The molecule has 1 saturated carbocycles. The van der Waals surface area contributed by atoms with Gasteiger partial charge in [0.25, 0.3) is 5.79 Å². The van der Waals surface area contributed by atoms with Crippen LogP contribution in [0.1, 0.15) is 25.7 Å². The molecule has 0 amide bonds. The molecule has 1 spiro atoms. The van der Waals surface area contributed by atoms with Gasteiger partial charge in [-0.05, 0) is 47.9 Å². The van der Waals surface area contributed by atoms with E-state index in [-0.39, 0.29) is 3.51 Å². The number of thiophene rings is 2. The zero-order chi connectivity index (χ0) is 22.1. The van der Waals surface area contributed by atoms with Crippen LogP contribution in [0.2, 0.25) is 0 Å². The zero-order valence-electron chi connectivity index (χ0n) is 16.8. The first-order chi connectivity index (χ1) is 15.5. The van der Waals surface area contributed by atoms with Gasteiger partial charge in [-0.25, -0.2) is 9.59 Å². The summed E-state index contributed by atoms with van der Waals surface area (Å²) in [6, 6.07) is 16.9. The molecule has 6 rings (SSSR count). The number of carbonyl (C=O) groups excluding carboxylic acids is 2. The predicted octanol–water partition coefficient (Wildman–Crippen LogP) is 5.66. The van der Waals surface area contributed by atoms with E-state index in [1.807, 2.05) is 29.6 Å². The van der Waals surface area contributed by atoms with Crippen LogP contribution in [0.25, 0.3) is 20.2 Å². The van der Waals surface area contributed by atoms with Crippen molar-refractivity contribution < 1.29 is 43.8 Å². The Balaban J connectivity index is 0.000000180. The Morgan fingerprint density at radius 1 is 0.812 bits per heavy atom. The van der Waals surface area contributed by atoms with E-state index in [1.165, 1.54) is 18.1 Å². The summed E-state index contributed by atoms with van der Waals surface area (Å²) < 4.78 is 16.2. The SMILES string of the molecule is O=C1OC2(CCCC2)OC(=O)C1=Ic1ccc2sccc2c1.[211At]c1ccc2sccc2c1. The molecule has 0 unspecified atom stereocenters. The number of rotatable bonds is 1. The van der Waals surface area contributed by atoms with Gasteiger partial charge >= 0.3 is 91.0 Å². The molecular weight excluding hydrogens is 754 g/mol. The Labute approximate surface area is 218 Å². The Morgan fingerprint density at radius 3 is 2.06 bits per heavy atom. The molecule has 4 aromatic rings. The number of hydrogen-bond acceptors (Lipinski definition) is 6. The van der Waals surface area contributed by atoms with Gasteiger partial charge in [0.2, 0.25) is 0 Å². The second-order valence-electron chi connectivity index (χ2n) is 7.51. The topological polar surface area (TPSA) is 52.6 Å². The van der Waals surface area contributed by atoms with E-state index in [1.54, 1.807) is 47.4 Å². The summed E-state index contributed by atoms with van der Waals surface area (Å²) in [5, 5.41) is 6.70. The first-order valence-electron chi connectivity index (χ1n) is 10.1. The summed E-state index contributed by atoms with van der Waals surface area (Å²) >= 11 is 4.33. The molecule has 0 radical (unpaired) electrons. The van der Waals surface area contributed by atoms with Gasteiger partial charge in [-0.3, -0.25) is 0 Å². The van der Waals surface area contributed by atoms with Crippen LogP contribution < -0.4 is 3.27 Å². The number of hydrogen-bond donors (Lipinski definition) is 0. The van der Waals surface area contributed by atoms with E-state index in [4.69, 9.17) is 9.47 Å². The quantitative estimate of drug-likeness (QED) is 0.185. The van der Waals surface area contributed by atoms with Crippen LogP contribution >= 0.6 is 43.4 Å². The molecule has 2 aromatic heterocycles. The van der Waals surface area contributed by atoms with E-state index >= 15 is 0 Å². The Kier molecular flexibility index (Phi) is 6.75. The van der Waals surface area contributed by atoms with Gasteiger partial charge in [-0.2, -0.15) is 0 Å². The summed E-state index contributed by atoms with van der Waals surface area (Å²) in [7, 11) is 0. The van der Waals surface area contributed by atoms with Gasteiger partial charge in [0.1, 0.15) is 0 Å². The molecule has 2 aliphatic rings. The third-order valence-electron chi connectivity index (χ3n) is 5.31. The first-order valence-corrected chi connectivity index (χ1v) is 15.5. The first kappa shape index (κ1) is 22.6.